The van der Waals surface area contributed by atoms with Crippen LogP contribution in [0.25, 0.3) is 0 Å². The molecule has 270 valence electrons. The molecule has 2 saturated heterocycles. The Morgan fingerprint density at radius 2 is 1.63 bits per heavy atom. The fourth-order valence-corrected chi connectivity index (χ4v) is 11.9. The van der Waals surface area contributed by atoms with Crippen LogP contribution in [0, 0.1) is 34.5 Å². The van der Waals surface area contributed by atoms with Crippen molar-refractivity contribution < 1.29 is 24.6 Å². The molecule has 0 aromatic heterocycles. The highest BCUT2D eigenvalue weighted by Crippen LogP contribution is 2.66. The number of fused-ring (bicyclic) bond motifs is 5. The van der Waals surface area contributed by atoms with Crippen molar-refractivity contribution in [3.05, 3.63) is 35.9 Å². The molecule has 9 nitrogen and oxygen atoms in total. The van der Waals surface area contributed by atoms with Gasteiger partial charge in [-0.1, -0.05) is 51.1 Å². The molecule has 3 amide bonds. The molecular formula is C40H60N4O5. The van der Waals surface area contributed by atoms with E-state index in [2.05, 4.69) is 24.1 Å². The Morgan fingerprint density at radius 3 is 2.37 bits per heavy atom. The van der Waals surface area contributed by atoms with E-state index in [1.807, 2.05) is 35.2 Å². The fraction of sp³-hybridized carbons (Fsp3) is 0.775. The van der Waals surface area contributed by atoms with Gasteiger partial charge in [0.05, 0.1) is 12.2 Å². The third-order valence-corrected chi connectivity index (χ3v) is 14.8. The van der Waals surface area contributed by atoms with Crippen LogP contribution in [0.3, 0.4) is 0 Å². The highest BCUT2D eigenvalue weighted by atomic mass is 16.3. The molecular weight excluding hydrogens is 616 g/mol. The number of rotatable bonds is 7. The Balaban J connectivity index is 0.987. The number of nitrogens with zero attached hydrogens (tertiary/aromatic N) is 3. The number of likely N-dealkylation sites (tertiary alicyclic amines) is 1. The average Bonchev–Trinajstić information content (AvgIpc) is 3.72. The quantitative estimate of drug-likeness (QED) is 0.403. The molecule has 2 aliphatic heterocycles. The molecule has 1 aromatic carbocycles. The number of nitrogens with one attached hydrogen (secondary N) is 1. The van der Waals surface area contributed by atoms with Crippen molar-refractivity contribution in [2.75, 3.05) is 32.7 Å². The van der Waals surface area contributed by atoms with Crippen LogP contribution in [0.15, 0.2) is 30.3 Å². The number of benzene rings is 1. The van der Waals surface area contributed by atoms with Gasteiger partial charge in [0.15, 0.2) is 0 Å². The van der Waals surface area contributed by atoms with E-state index in [0.717, 1.165) is 57.2 Å². The van der Waals surface area contributed by atoms with Crippen LogP contribution in [0.4, 0.5) is 0 Å². The summed E-state index contributed by atoms with van der Waals surface area (Å²) in [5.74, 6) is 2.19. The van der Waals surface area contributed by atoms with Crippen LogP contribution >= 0.6 is 0 Å². The van der Waals surface area contributed by atoms with Gasteiger partial charge in [0.2, 0.25) is 17.7 Å². The van der Waals surface area contributed by atoms with Gasteiger partial charge in [0.1, 0.15) is 12.1 Å². The highest BCUT2D eigenvalue weighted by Gasteiger charge is 2.61. The summed E-state index contributed by atoms with van der Waals surface area (Å²) < 4.78 is 0. The summed E-state index contributed by atoms with van der Waals surface area (Å²) in [4.78, 5) is 46.5. The van der Waals surface area contributed by atoms with Gasteiger partial charge in [0, 0.05) is 51.6 Å². The third kappa shape index (κ3) is 6.35. The maximum Gasteiger partial charge on any atom is 0.246 e. The van der Waals surface area contributed by atoms with Crippen LogP contribution in [0.2, 0.25) is 0 Å². The number of hydrogen-bond acceptors (Lipinski definition) is 6. The molecule has 0 unspecified atom stereocenters. The van der Waals surface area contributed by atoms with Gasteiger partial charge < -0.3 is 25.3 Å². The molecule has 1 aromatic rings. The summed E-state index contributed by atoms with van der Waals surface area (Å²) in [5.41, 5.74) is 1.25. The number of aliphatic hydroxyl groups is 2. The lowest BCUT2D eigenvalue weighted by molar-refractivity contribution is -0.158. The fourth-order valence-electron chi connectivity index (χ4n) is 11.9. The third-order valence-electron chi connectivity index (χ3n) is 14.8. The minimum absolute atomic E-state index is 0.0149. The van der Waals surface area contributed by atoms with Gasteiger partial charge >= 0.3 is 0 Å². The Labute approximate surface area is 293 Å². The first-order chi connectivity index (χ1) is 23.5. The number of hydrogen-bond donors (Lipinski definition) is 3. The lowest BCUT2D eigenvalue weighted by Crippen LogP contribution is -2.63. The smallest absolute Gasteiger partial charge is 0.246 e. The predicted molar refractivity (Wildman–Crippen MR) is 188 cm³/mol. The minimum Gasteiger partial charge on any atom is -0.393 e. The van der Waals surface area contributed by atoms with Crippen molar-refractivity contribution in [3.8, 4) is 0 Å². The first kappa shape index (κ1) is 34.9. The van der Waals surface area contributed by atoms with Crippen LogP contribution in [0.1, 0.15) is 97.0 Å². The summed E-state index contributed by atoms with van der Waals surface area (Å²) in [6.45, 7) is 9.86. The SMILES string of the molecule is CCC(=O)N[C@@H](Cc1ccccc1)C(=O)N1CCC[C@H]1C(=O)N1CCN([C@H]2C[C@@]3(C)[C@@H](CC[C@@H]4[C@@H]3CC[C@]3(C)[C@@H](O)CC[C@@H]43)C[C@@H]2O)CC1. The van der Waals surface area contributed by atoms with E-state index in [9.17, 15) is 24.6 Å². The van der Waals surface area contributed by atoms with Gasteiger partial charge in [-0.15, -0.1) is 0 Å². The summed E-state index contributed by atoms with van der Waals surface area (Å²) >= 11 is 0. The Morgan fingerprint density at radius 1 is 0.898 bits per heavy atom. The van der Waals surface area contributed by atoms with Crippen molar-refractivity contribution in [1.82, 2.24) is 20.0 Å². The minimum atomic E-state index is -0.700. The van der Waals surface area contributed by atoms with Crippen molar-refractivity contribution in [2.24, 2.45) is 34.5 Å². The molecule has 0 bridgehead atoms. The summed E-state index contributed by atoms with van der Waals surface area (Å²) in [7, 11) is 0. The van der Waals surface area contributed by atoms with E-state index < -0.39 is 12.1 Å². The van der Waals surface area contributed by atoms with Crippen molar-refractivity contribution in [1.29, 1.82) is 0 Å². The molecule has 6 fully saturated rings. The first-order valence-corrected chi connectivity index (χ1v) is 19.6. The van der Waals surface area contributed by atoms with Crippen molar-refractivity contribution in [3.63, 3.8) is 0 Å². The molecule has 0 spiro atoms. The van der Waals surface area contributed by atoms with E-state index in [4.69, 9.17) is 0 Å². The number of carbonyl (C=O) groups is 3. The van der Waals surface area contributed by atoms with E-state index in [1.165, 1.54) is 19.3 Å². The lowest BCUT2D eigenvalue weighted by Gasteiger charge is -2.62. The second kappa shape index (κ2) is 13.9. The Hall–Kier alpha value is -2.49. The Kier molecular flexibility index (Phi) is 9.92. The summed E-state index contributed by atoms with van der Waals surface area (Å²) in [6.07, 6.45) is 10.3. The average molecular weight is 677 g/mol. The topological polar surface area (TPSA) is 113 Å². The van der Waals surface area contributed by atoms with Crippen LogP contribution in [0.5, 0.6) is 0 Å². The zero-order chi connectivity index (χ0) is 34.5. The summed E-state index contributed by atoms with van der Waals surface area (Å²) in [5, 5.41) is 25.4. The van der Waals surface area contributed by atoms with Gasteiger partial charge in [-0.3, -0.25) is 19.3 Å². The van der Waals surface area contributed by atoms with E-state index in [1.54, 1.807) is 11.8 Å². The predicted octanol–water partition coefficient (Wildman–Crippen LogP) is 4.00. The Bertz CT molecular complexity index is 1370. The molecule has 0 radical (unpaired) electrons. The molecule has 3 N–H and O–H groups in total. The van der Waals surface area contributed by atoms with E-state index >= 15 is 0 Å². The number of carbonyl (C=O) groups excluding carboxylic acids is 3. The zero-order valence-corrected chi connectivity index (χ0v) is 30.1. The number of amides is 3. The maximum atomic E-state index is 14.0. The molecule has 2 heterocycles. The molecule has 4 aliphatic carbocycles. The van der Waals surface area contributed by atoms with Crippen LogP contribution in [-0.2, 0) is 20.8 Å². The van der Waals surface area contributed by atoms with Crippen LogP contribution in [-0.4, -0.2) is 106 Å². The van der Waals surface area contributed by atoms with Crippen molar-refractivity contribution >= 4 is 17.7 Å². The van der Waals surface area contributed by atoms with Gasteiger partial charge in [-0.25, -0.2) is 0 Å². The second-order valence-electron chi connectivity index (χ2n) is 17.1. The highest BCUT2D eigenvalue weighted by molar-refractivity contribution is 5.92. The number of piperazine rings is 1. The second-order valence-corrected chi connectivity index (χ2v) is 17.1. The zero-order valence-electron chi connectivity index (χ0n) is 30.1. The monoisotopic (exact) mass is 676 g/mol. The largest absolute Gasteiger partial charge is 0.393 e. The van der Waals surface area contributed by atoms with Crippen molar-refractivity contribution in [2.45, 2.75) is 128 Å². The molecule has 7 rings (SSSR count). The molecule has 6 aliphatic rings. The van der Waals surface area contributed by atoms with Gasteiger partial charge in [-0.05, 0) is 104 Å². The standard InChI is InChI=1S/C40H60N4O5/c1-4-36(47)41-31(23-26-9-6-5-7-10-26)37(48)44-18-8-11-32(44)38(49)43-21-19-42(20-22-43)33-25-40(3)27(24-34(33)45)12-13-28-29-14-15-35(46)39(29,2)17-16-30(28)40/h5-7,9-10,27-35,45-46H,4,8,11-25H2,1-3H3,(H,41,47)/t27-,28-,29-,30-,31-,32-,33-,34-,35-,39-,40-/m0/s1. The normalized spacial score (nSPS) is 39.9. The maximum absolute atomic E-state index is 14.0. The first-order valence-electron chi connectivity index (χ1n) is 19.6. The molecule has 49 heavy (non-hydrogen) atoms. The molecule has 9 heteroatoms. The summed E-state index contributed by atoms with van der Waals surface area (Å²) in [6, 6.07) is 8.64. The van der Waals surface area contributed by atoms with Crippen LogP contribution < -0.4 is 5.32 Å². The lowest BCUT2D eigenvalue weighted by atomic mass is 9.44. The molecule has 4 saturated carbocycles. The number of aliphatic hydroxyl groups excluding tert-OH is 2. The molecule has 11 atom stereocenters. The van der Waals surface area contributed by atoms with E-state index in [0.29, 0.717) is 62.6 Å². The van der Waals surface area contributed by atoms with Gasteiger partial charge in [-0.2, -0.15) is 0 Å². The van der Waals surface area contributed by atoms with E-state index in [-0.39, 0.29) is 46.8 Å². The van der Waals surface area contributed by atoms with Gasteiger partial charge in [0.25, 0.3) is 0 Å².